The molecule has 0 saturated carbocycles. The number of aromatic nitrogens is 4. The Bertz CT molecular complexity index is 1080. The summed E-state index contributed by atoms with van der Waals surface area (Å²) >= 11 is 3.11. The molecule has 0 unspecified atom stereocenters. The average Bonchev–Trinajstić information content (AvgIpc) is 2.99. The zero-order chi connectivity index (χ0) is 21.1. The van der Waals surface area contributed by atoms with Crippen LogP contribution >= 0.6 is 15.9 Å². The Hall–Kier alpha value is -3.14. The molecular formula is C19H17BrFN5O3. The number of halogens is 2. The molecule has 1 N–H and O–H groups in total. The van der Waals surface area contributed by atoms with E-state index in [4.69, 9.17) is 4.74 Å². The van der Waals surface area contributed by atoms with Crippen molar-refractivity contribution < 1.29 is 18.7 Å². The Kier molecular flexibility index (Phi) is 6.02. The number of ether oxygens (including phenoxy) is 1. The molecule has 1 aromatic carbocycles. The Balaban J connectivity index is 1.70. The fourth-order valence-corrected chi connectivity index (χ4v) is 2.92. The summed E-state index contributed by atoms with van der Waals surface area (Å²) in [5, 5.41) is 6.90. The third-order valence-corrected chi connectivity index (χ3v) is 4.24. The molecule has 3 aromatic rings. The summed E-state index contributed by atoms with van der Waals surface area (Å²) in [6.07, 6.45) is 0. The fraction of sp³-hybridized carbons (Fsp3) is 0.211. The van der Waals surface area contributed by atoms with Crippen molar-refractivity contribution in [3.05, 3.63) is 63.3 Å². The second-order valence-corrected chi connectivity index (χ2v) is 7.20. The number of nitrogens with one attached hydrogen (secondary N) is 1. The van der Waals surface area contributed by atoms with Crippen LogP contribution in [0.25, 0.3) is 5.95 Å². The van der Waals surface area contributed by atoms with Gasteiger partial charge in [-0.05, 0) is 45.0 Å². The molecule has 0 fully saturated rings. The second-order valence-electron chi connectivity index (χ2n) is 6.28. The van der Waals surface area contributed by atoms with E-state index in [1.54, 1.807) is 13.0 Å². The molecule has 0 spiro atoms. The topological polar surface area (TPSA) is 99.0 Å². The molecule has 0 bridgehead atoms. The summed E-state index contributed by atoms with van der Waals surface area (Å²) in [6.45, 7) is 4.82. The number of hydrogen-bond donors (Lipinski definition) is 1. The Morgan fingerprint density at radius 1 is 1.10 bits per heavy atom. The molecule has 0 atom stereocenters. The van der Waals surface area contributed by atoms with Crippen molar-refractivity contribution in [2.75, 3.05) is 11.9 Å². The number of nitrogens with zero attached hydrogens (tertiary/aromatic N) is 4. The van der Waals surface area contributed by atoms with Crippen LogP contribution in [0.2, 0.25) is 0 Å². The predicted molar refractivity (Wildman–Crippen MR) is 106 cm³/mol. The number of rotatable bonds is 5. The third kappa shape index (κ3) is 5.02. The first-order chi connectivity index (χ1) is 13.7. The summed E-state index contributed by atoms with van der Waals surface area (Å²) < 4.78 is 20.6. The first-order valence-electron chi connectivity index (χ1n) is 8.54. The number of esters is 1. The molecule has 0 aliphatic heterocycles. The molecule has 0 aliphatic carbocycles. The summed E-state index contributed by atoms with van der Waals surface area (Å²) in [5.74, 6) is -1.66. The lowest BCUT2D eigenvalue weighted by Gasteiger charge is -2.09. The van der Waals surface area contributed by atoms with Gasteiger partial charge in [-0.2, -0.15) is 9.78 Å². The van der Waals surface area contributed by atoms with Crippen LogP contribution in [0.5, 0.6) is 0 Å². The maximum atomic E-state index is 13.8. The minimum absolute atomic E-state index is 0.259. The lowest BCUT2D eigenvalue weighted by atomic mass is 10.2. The maximum Gasteiger partial charge on any atom is 0.341 e. The van der Waals surface area contributed by atoms with Gasteiger partial charge in [0, 0.05) is 21.9 Å². The highest BCUT2D eigenvalue weighted by molar-refractivity contribution is 9.10. The normalized spacial score (nSPS) is 10.7. The fourth-order valence-electron chi connectivity index (χ4n) is 2.59. The van der Waals surface area contributed by atoms with Gasteiger partial charge in [-0.1, -0.05) is 15.9 Å². The van der Waals surface area contributed by atoms with E-state index >= 15 is 0 Å². The Labute approximate surface area is 174 Å². The highest BCUT2D eigenvalue weighted by Gasteiger charge is 2.17. The lowest BCUT2D eigenvalue weighted by molar-refractivity contribution is -0.119. The first-order valence-corrected chi connectivity index (χ1v) is 9.33. The van der Waals surface area contributed by atoms with Gasteiger partial charge in [-0.3, -0.25) is 4.79 Å². The van der Waals surface area contributed by atoms with Gasteiger partial charge in [-0.15, -0.1) is 0 Å². The number of hydrogen-bond acceptors (Lipinski definition) is 6. The molecular weight excluding hydrogens is 445 g/mol. The summed E-state index contributed by atoms with van der Waals surface area (Å²) in [6, 6.07) is 7.37. The van der Waals surface area contributed by atoms with Gasteiger partial charge < -0.3 is 10.1 Å². The van der Waals surface area contributed by atoms with Crippen molar-refractivity contribution in [3.8, 4) is 5.95 Å². The van der Waals surface area contributed by atoms with Crippen molar-refractivity contribution in [2.24, 2.45) is 0 Å². The number of anilines is 1. The molecule has 0 saturated heterocycles. The smallest absolute Gasteiger partial charge is 0.341 e. The van der Waals surface area contributed by atoms with E-state index in [0.29, 0.717) is 21.9 Å². The highest BCUT2D eigenvalue weighted by Crippen LogP contribution is 2.17. The van der Waals surface area contributed by atoms with Crippen LogP contribution in [0.4, 0.5) is 10.2 Å². The van der Waals surface area contributed by atoms with Crippen molar-refractivity contribution >= 4 is 33.6 Å². The van der Waals surface area contributed by atoms with Gasteiger partial charge in [0.05, 0.1) is 11.3 Å². The maximum absolute atomic E-state index is 13.8. The van der Waals surface area contributed by atoms with E-state index in [9.17, 15) is 14.0 Å². The molecule has 10 heteroatoms. The molecule has 1 amide bonds. The van der Waals surface area contributed by atoms with E-state index in [1.165, 1.54) is 16.8 Å². The number of amides is 1. The minimum Gasteiger partial charge on any atom is -0.452 e. The van der Waals surface area contributed by atoms with Crippen molar-refractivity contribution in [1.82, 2.24) is 19.7 Å². The van der Waals surface area contributed by atoms with Gasteiger partial charge in [0.15, 0.2) is 6.61 Å². The van der Waals surface area contributed by atoms with Crippen molar-refractivity contribution in [2.45, 2.75) is 20.8 Å². The van der Waals surface area contributed by atoms with Crippen LogP contribution in [-0.4, -0.2) is 38.2 Å². The van der Waals surface area contributed by atoms with Crippen LogP contribution in [0.15, 0.2) is 34.8 Å². The Morgan fingerprint density at radius 2 is 1.79 bits per heavy atom. The molecule has 150 valence electrons. The van der Waals surface area contributed by atoms with Crippen molar-refractivity contribution in [1.29, 1.82) is 0 Å². The number of carbonyl (C=O) groups is 2. The van der Waals surface area contributed by atoms with Gasteiger partial charge in [-0.25, -0.2) is 19.2 Å². The SMILES string of the molecule is Cc1cc(C)nc(-n2nc(C)cc2NC(=O)COC(=O)c2ccc(Br)cc2F)n1. The predicted octanol–water partition coefficient (Wildman–Crippen LogP) is 3.28. The average molecular weight is 462 g/mol. The zero-order valence-electron chi connectivity index (χ0n) is 15.9. The molecule has 8 nitrogen and oxygen atoms in total. The van der Waals surface area contributed by atoms with Crippen LogP contribution in [-0.2, 0) is 9.53 Å². The van der Waals surface area contributed by atoms with Crippen molar-refractivity contribution in [3.63, 3.8) is 0 Å². The molecule has 2 aromatic heterocycles. The Morgan fingerprint density at radius 3 is 2.45 bits per heavy atom. The van der Waals surface area contributed by atoms with E-state index in [-0.39, 0.29) is 5.56 Å². The van der Waals surface area contributed by atoms with E-state index in [1.807, 2.05) is 19.9 Å². The second kappa shape index (κ2) is 8.48. The van der Waals surface area contributed by atoms with Gasteiger partial charge in [0.2, 0.25) is 0 Å². The van der Waals surface area contributed by atoms with Crippen LogP contribution in [0.3, 0.4) is 0 Å². The largest absolute Gasteiger partial charge is 0.452 e. The van der Waals surface area contributed by atoms with Crippen LogP contribution in [0.1, 0.15) is 27.4 Å². The van der Waals surface area contributed by atoms with Gasteiger partial charge >= 0.3 is 5.97 Å². The monoisotopic (exact) mass is 461 g/mol. The summed E-state index contributed by atoms with van der Waals surface area (Å²) in [4.78, 5) is 32.9. The molecule has 2 heterocycles. The molecule has 3 rings (SSSR count). The van der Waals surface area contributed by atoms with E-state index in [2.05, 4.69) is 36.3 Å². The van der Waals surface area contributed by atoms with Gasteiger partial charge in [0.25, 0.3) is 11.9 Å². The molecule has 29 heavy (non-hydrogen) atoms. The van der Waals surface area contributed by atoms with Crippen LogP contribution in [0, 0.1) is 26.6 Å². The van der Waals surface area contributed by atoms with E-state index < -0.39 is 24.3 Å². The van der Waals surface area contributed by atoms with Crippen LogP contribution < -0.4 is 5.32 Å². The molecule has 0 radical (unpaired) electrons. The van der Waals surface area contributed by atoms with E-state index in [0.717, 1.165) is 17.5 Å². The number of benzene rings is 1. The third-order valence-electron chi connectivity index (χ3n) is 3.74. The summed E-state index contributed by atoms with van der Waals surface area (Å²) in [7, 11) is 0. The first kappa shape index (κ1) is 20.6. The minimum atomic E-state index is -0.938. The number of carbonyl (C=O) groups excluding carboxylic acids is 2. The zero-order valence-corrected chi connectivity index (χ0v) is 17.4. The standard InChI is InChI=1S/C19H17BrFN5O3/c1-10-6-11(2)23-19(22-10)26-16(7-12(3)25-26)24-17(27)9-29-18(28)14-5-4-13(20)8-15(14)21/h4-8H,9H2,1-3H3,(H,24,27). The molecule has 0 aliphatic rings. The number of aryl methyl sites for hydroxylation is 3. The lowest BCUT2D eigenvalue weighted by Crippen LogP contribution is -2.23. The summed E-state index contributed by atoms with van der Waals surface area (Å²) in [5.41, 5.74) is 1.88. The van der Waals surface area contributed by atoms with Gasteiger partial charge in [0.1, 0.15) is 11.6 Å². The quantitative estimate of drug-likeness (QED) is 0.585. The highest BCUT2D eigenvalue weighted by atomic mass is 79.9.